The molecule has 7 nitrogen and oxygen atoms in total. The molecule has 0 spiro atoms. The Morgan fingerprint density at radius 2 is 2.11 bits per heavy atom. The molecule has 2 aromatic rings. The molecule has 0 saturated carbocycles. The van der Waals surface area contributed by atoms with Gasteiger partial charge in [0.25, 0.3) is 5.69 Å². The quantitative estimate of drug-likeness (QED) is 0.483. The highest BCUT2D eigenvalue weighted by molar-refractivity contribution is 5.90. The average molecular weight is 259 g/mol. The molecule has 2 rings (SSSR count). The number of aromatic nitrogens is 1. The number of hydrogen-bond acceptors (Lipinski definition) is 6. The van der Waals surface area contributed by atoms with Gasteiger partial charge in [0.05, 0.1) is 21.9 Å². The first-order valence-corrected chi connectivity index (χ1v) is 5.34. The summed E-state index contributed by atoms with van der Waals surface area (Å²) in [7, 11) is 0. The summed E-state index contributed by atoms with van der Waals surface area (Å²) in [4.78, 5) is 14.3. The number of fused-ring (bicyclic) bond motifs is 1. The fourth-order valence-corrected chi connectivity index (χ4v) is 1.82. The highest BCUT2D eigenvalue weighted by Gasteiger charge is 2.23. The molecular formula is C12H9N3O4. The first-order valence-electron chi connectivity index (χ1n) is 5.34. The molecule has 19 heavy (non-hydrogen) atoms. The maximum atomic E-state index is 10.9. The van der Waals surface area contributed by atoms with Gasteiger partial charge in [-0.05, 0) is 18.2 Å². The van der Waals surface area contributed by atoms with Gasteiger partial charge < -0.3 is 10.2 Å². The van der Waals surface area contributed by atoms with E-state index in [0.29, 0.717) is 0 Å². The number of aliphatic hydroxyl groups excluding tert-OH is 2. The molecule has 1 aromatic heterocycles. The number of benzene rings is 1. The molecule has 0 fully saturated rings. The Morgan fingerprint density at radius 3 is 2.74 bits per heavy atom. The molecule has 2 unspecified atom stereocenters. The number of nitro groups is 1. The van der Waals surface area contributed by atoms with Crippen LogP contribution in [0.3, 0.4) is 0 Å². The highest BCUT2D eigenvalue weighted by Crippen LogP contribution is 2.30. The van der Waals surface area contributed by atoms with Gasteiger partial charge in [0.1, 0.15) is 6.10 Å². The summed E-state index contributed by atoms with van der Waals surface area (Å²) in [5.41, 5.74) is 0.222. The molecule has 0 aliphatic rings. The van der Waals surface area contributed by atoms with Gasteiger partial charge in [-0.15, -0.1) is 0 Å². The fraction of sp³-hybridized carbons (Fsp3) is 0.167. The van der Waals surface area contributed by atoms with E-state index in [4.69, 9.17) is 5.26 Å². The molecule has 2 atom stereocenters. The van der Waals surface area contributed by atoms with Gasteiger partial charge >= 0.3 is 0 Å². The minimum absolute atomic E-state index is 0.148. The normalized spacial score (nSPS) is 13.7. The van der Waals surface area contributed by atoms with E-state index in [1.165, 1.54) is 36.5 Å². The maximum absolute atomic E-state index is 10.9. The highest BCUT2D eigenvalue weighted by atomic mass is 16.6. The van der Waals surface area contributed by atoms with Crippen LogP contribution >= 0.6 is 0 Å². The Bertz CT molecular complexity index is 680. The third-order valence-electron chi connectivity index (χ3n) is 2.72. The molecule has 2 N–H and O–H groups in total. The largest absolute Gasteiger partial charge is 0.384 e. The zero-order chi connectivity index (χ0) is 14.0. The van der Waals surface area contributed by atoms with Crippen LogP contribution in [-0.4, -0.2) is 26.2 Å². The van der Waals surface area contributed by atoms with Crippen molar-refractivity contribution in [1.29, 1.82) is 5.26 Å². The summed E-state index contributed by atoms with van der Waals surface area (Å²) < 4.78 is 0. The van der Waals surface area contributed by atoms with Crippen molar-refractivity contribution < 1.29 is 15.1 Å². The van der Waals surface area contributed by atoms with Crippen LogP contribution in [0.1, 0.15) is 11.7 Å². The minimum Gasteiger partial charge on any atom is -0.384 e. The Hall–Kier alpha value is -2.56. The predicted molar refractivity (Wildman–Crippen MR) is 65.0 cm³/mol. The van der Waals surface area contributed by atoms with E-state index in [0.717, 1.165) is 0 Å². The SMILES string of the molecule is N#CC(O)C(O)c1ccc([N+](=O)[O-])c2cccnc12. The molecule has 0 bridgehead atoms. The maximum Gasteiger partial charge on any atom is 0.278 e. The van der Waals surface area contributed by atoms with Crippen molar-refractivity contribution in [3.05, 3.63) is 46.1 Å². The molecule has 0 radical (unpaired) electrons. The van der Waals surface area contributed by atoms with E-state index >= 15 is 0 Å². The van der Waals surface area contributed by atoms with Gasteiger partial charge in [0.2, 0.25) is 0 Å². The Morgan fingerprint density at radius 1 is 1.37 bits per heavy atom. The monoisotopic (exact) mass is 259 g/mol. The summed E-state index contributed by atoms with van der Waals surface area (Å²) in [6, 6.07) is 7.04. The first-order chi connectivity index (χ1) is 9.06. The van der Waals surface area contributed by atoms with Gasteiger partial charge in [-0.3, -0.25) is 15.1 Å². The second-order valence-corrected chi connectivity index (χ2v) is 3.85. The van der Waals surface area contributed by atoms with E-state index in [1.807, 2.05) is 0 Å². The van der Waals surface area contributed by atoms with Crippen LogP contribution in [0.15, 0.2) is 30.5 Å². The lowest BCUT2D eigenvalue weighted by Crippen LogP contribution is -2.16. The number of nitro benzene ring substituents is 1. The third-order valence-corrected chi connectivity index (χ3v) is 2.72. The average Bonchev–Trinajstić information content (AvgIpc) is 2.44. The van der Waals surface area contributed by atoms with E-state index in [2.05, 4.69) is 4.98 Å². The molecule has 1 aromatic carbocycles. The summed E-state index contributed by atoms with van der Waals surface area (Å²) in [5, 5.41) is 38.9. The lowest BCUT2D eigenvalue weighted by Gasteiger charge is -2.13. The second-order valence-electron chi connectivity index (χ2n) is 3.85. The molecule has 1 heterocycles. The minimum atomic E-state index is -1.62. The van der Waals surface area contributed by atoms with Crippen LogP contribution in [0.25, 0.3) is 10.9 Å². The molecule has 0 aliphatic heterocycles. The summed E-state index contributed by atoms with van der Waals surface area (Å²) in [5.74, 6) is 0. The number of hydrogen-bond donors (Lipinski definition) is 2. The molecular weight excluding hydrogens is 250 g/mol. The Kier molecular flexibility index (Phi) is 3.37. The van der Waals surface area contributed by atoms with Crippen molar-refractivity contribution in [2.24, 2.45) is 0 Å². The second kappa shape index (κ2) is 4.97. The number of nitriles is 1. The Labute approximate surface area is 107 Å². The van der Waals surface area contributed by atoms with Gasteiger partial charge in [-0.1, -0.05) is 0 Å². The van der Waals surface area contributed by atoms with Crippen molar-refractivity contribution >= 4 is 16.6 Å². The van der Waals surface area contributed by atoms with Crippen molar-refractivity contribution in [3.63, 3.8) is 0 Å². The lowest BCUT2D eigenvalue weighted by atomic mass is 10.0. The van der Waals surface area contributed by atoms with Crippen molar-refractivity contribution in [2.75, 3.05) is 0 Å². The number of rotatable bonds is 3. The van der Waals surface area contributed by atoms with Gasteiger partial charge in [0, 0.05) is 17.8 Å². The zero-order valence-electron chi connectivity index (χ0n) is 9.59. The van der Waals surface area contributed by atoms with Crippen LogP contribution in [0.2, 0.25) is 0 Å². The summed E-state index contributed by atoms with van der Waals surface area (Å²) in [6.45, 7) is 0. The van der Waals surface area contributed by atoms with Crippen LogP contribution in [0.4, 0.5) is 5.69 Å². The van der Waals surface area contributed by atoms with Gasteiger partial charge in [0.15, 0.2) is 6.10 Å². The van der Waals surface area contributed by atoms with Crippen LogP contribution in [0.5, 0.6) is 0 Å². The van der Waals surface area contributed by atoms with Gasteiger partial charge in [-0.25, -0.2) is 0 Å². The predicted octanol–water partition coefficient (Wildman–Crippen LogP) is 1.06. The van der Waals surface area contributed by atoms with Crippen molar-refractivity contribution in [1.82, 2.24) is 4.98 Å². The molecule has 0 saturated heterocycles. The lowest BCUT2D eigenvalue weighted by molar-refractivity contribution is -0.383. The van der Waals surface area contributed by atoms with Crippen molar-refractivity contribution in [3.8, 4) is 6.07 Å². The number of pyridine rings is 1. The number of nitrogens with zero attached hydrogens (tertiary/aromatic N) is 3. The number of non-ortho nitro benzene ring substituents is 1. The zero-order valence-corrected chi connectivity index (χ0v) is 9.59. The van der Waals surface area contributed by atoms with Crippen LogP contribution in [-0.2, 0) is 0 Å². The topological polar surface area (TPSA) is 120 Å². The molecule has 96 valence electrons. The van der Waals surface area contributed by atoms with Crippen LogP contribution < -0.4 is 0 Å². The Balaban J connectivity index is 2.69. The fourth-order valence-electron chi connectivity index (χ4n) is 1.82. The molecule has 0 aliphatic carbocycles. The van der Waals surface area contributed by atoms with Gasteiger partial charge in [-0.2, -0.15) is 5.26 Å². The van der Waals surface area contributed by atoms with Crippen LogP contribution in [0, 0.1) is 21.4 Å². The molecule has 0 amide bonds. The standard InChI is InChI=1S/C12H9N3O4/c13-6-10(16)12(17)8-3-4-9(15(18)19)7-2-1-5-14-11(7)8/h1-5,10,12,16-17H. The smallest absolute Gasteiger partial charge is 0.278 e. The van der Waals surface area contributed by atoms with E-state index in [-0.39, 0.29) is 22.2 Å². The summed E-state index contributed by atoms with van der Waals surface area (Å²) in [6.07, 6.45) is -1.67. The van der Waals surface area contributed by atoms with E-state index in [1.54, 1.807) is 0 Å². The third kappa shape index (κ3) is 2.22. The number of aliphatic hydroxyl groups is 2. The summed E-state index contributed by atoms with van der Waals surface area (Å²) >= 11 is 0. The first kappa shape index (κ1) is 12.9. The molecule has 7 heteroatoms. The van der Waals surface area contributed by atoms with Crippen molar-refractivity contribution in [2.45, 2.75) is 12.2 Å². The van der Waals surface area contributed by atoms with E-state index in [9.17, 15) is 20.3 Å². The van der Waals surface area contributed by atoms with E-state index < -0.39 is 17.1 Å².